The van der Waals surface area contributed by atoms with Gasteiger partial charge in [-0.3, -0.25) is 9.59 Å². The van der Waals surface area contributed by atoms with Crippen LogP contribution in [0.25, 0.3) is 0 Å². The molecule has 0 aromatic heterocycles. The molecule has 1 saturated carbocycles. The third kappa shape index (κ3) is 2.57. The maximum Gasteiger partial charge on any atom is 0.325 e. The summed E-state index contributed by atoms with van der Waals surface area (Å²) in [7, 11) is 1.28. The molecule has 1 aliphatic carbocycles. The Labute approximate surface area is 101 Å². The lowest BCUT2D eigenvalue weighted by molar-refractivity contribution is -0.153. The van der Waals surface area contributed by atoms with E-state index in [0.29, 0.717) is 25.3 Å². The van der Waals surface area contributed by atoms with Crippen molar-refractivity contribution in [2.45, 2.75) is 26.7 Å². The minimum absolute atomic E-state index is 0.0797. The van der Waals surface area contributed by atoms with Crippen molar-refractivity contribution in [1.82, 2.24) is 4.90 Å². The van der Waals surface area contributed by atoms with Crippen LogP contribution in [0.2, 0.25) is 0 Å². The normalized spacial score (nSPS) is 26.6. The molecule has 0 N–H and O–H groups in total. The lowest BCUT2D eigenvalue weighted by Gasteiger charge is -2.41. The number of carbonyl (C=O) groups is 2. The van der Waals surface area contributed by atoms with Crippen LogP contribution in [0.15, 0.2) is 0 Å². The maximum absolute atomic E-state index is 12.2. The van der Waals surface area contributed by atoms with Gasteiger partial charge in [-0.15, -0.1) is 0 Å². The lowest BCUT2D eigenvalue weighted by Crippen LogP contribution is -2.51. The molecule has 0 spiro atoms. The molecule has 5 nitrogen and oxygen atoms in total. The van der Waals surface area contributed by atoms with E-state index in [1.165, 1.54) is 12.0 Å². The third-order valence-electron chi connectivity index (χ3n) is 3.23. The predicted molar refractivity (Wildman–Crippen MR) is 60.7 cm³/mol. The van der Waals surface area contributed by atoms with Gasteiger partial charge in [0.2, 0.25) is 5.91 Å². The average molecular weight is 238 g/mol. The number of rotatable bonds is 4. The smallest absolute Gasteiger partial charge is 0.325 e. The molecular formula is C12H18N2O3. The van der Waals surface area contributed by atoms with E-state index in [0.717, 1.165) is 0 Å². The molecule has 0 atom stereocenters. The van der Waals surface area contributed by atoms with Crippen molar-refractivity contribution in [3.05, 3.63) is 0 Å². The molecule has 0 unspecified atom stereocenters. The summed E-state index contributed by atoms with van der Waals surface area (Å²) in [5.74, 6) is -0.304. The Kier molecular flexibility index (Phi) is 4.11. The molecule has 0 saturated heterocycles. The van der Waals surface area contributed by atoms with Crippen molar-refractivity contribution in [2.24, 2.45) is 11.3 Å². The van der Waals surface area contributed by atoms with Gasteiger partial charge in [-0.25, -0.2) is 0 Å². The summed E-state index contributed by atoms with van der Waals surface area (Å²) in [6.07, 6.45) is 1.17. The van der Waals surface area contributed by atoms with E-state index in [9.17, 15) is 9.59 Å². The fourth-order valence-corrected chi connectivity index (χ4v) is 2.29. The summed E-state index contributed by atoms with van der Waals surface area (Å²) >= 11 is 0. The molecule has 1 amide bonds. The van der Waals surface area contributed by atoms with Gasteiger partial charge in [-0.1, -0.05) is 6.92 Å². The Morgan fingerprint density at radius 2 is 2.12 bits per heavy atom. The highest BCUT2D eigenvalue weighted by Gasteiger charge is 2.50. The first kappa shape index (κ1) is 13.5. The van der Waals surface area contributed by atoms with Gasteiger partial charge in [-0.2, -0.15) is 5.26 Å². The van der Waals surface area contributed by atoms with E-state index in [-0.39, 0.29) is 12.5 Å². The van der Waals surface area contributed by atoms with Crippen LogP contribution in [0.3, 0.4) is 0 Å². The van der Waals surface area contributed by atoms with Crippen LogP contribution in [-0.4, -0.2) is 37.0 Å². The minimum atomic E-state index is -0.913. The molecule has 0 aromatic carbocycles. The first-order chi connectivity index (χ1) is 7.99. The van der Waals surface area contributed by atoms with Gasteiger partial charge in [-0.05, 0) is 25.7 Å². The number of hydrogen-bond acceptors (Lipinski definition) is 4. The third-order valence-corrected chi connectivity index (χ3v) is 3.23. The summed E-state index contributed by atoms with van der Waals surface area (Å²) in [5, 5.41) is 9.15. The number of nitriles is 1. The number of likely N-dealkylation sites (N-methyl/N-ethyl adjacent to an activating group) is 1. The van der Waals surface area contributed by atoms with E-state index in [4.69, 9.17) is 5.26 Å². The topological polar surface area (TPSA) is 70.4 Å². The van der Waals surface area contributed by atoms with Crippen LogP contribution in [0, 0.1) is 22.7 Å². The van der Waals surface area contributed by atoms with E-state index in [1.807, 2.05) is 6.92 Å². The molecular weight excluding hydrogens is 220 g/mol. The summed E-state index contributed by atoms with van der Waals surface area (Å²) in [5.41, 5.74) is -0.913. The van der Waals surface area contributed by atoms with Crippen molar-refractivity contribution in [1.29, 1.82) is 5.26 Å². The van der Waals surface area contributed by atoms with Gasteiger partial charge in [0, 0.05) is 6.54 Å². The summed E-state index contributed by atoms with van der Waals surface area (Å²) < 4.78 is 4.54. The Morgan fingerprint density at radius 3 is 2.47 bits per heavy atom. The maximum atomic E-state index is 12.2. The first-order valence-electron chi connectivity index (χ1n) is 5.76. The number of esters is 1. The summed E-state index contributed by atoms with van der Waals surface area (Å²) in [4.78, 5) is 24.8. The number of methoxy groups -OCH3 is 1. The van der Waals surface area contributed by atoms with E-state index >= 15 is 0 Å². The molecule has 0 aliphatic heterocycles. The van der Waals surface area contributed by atoms with E-state index in [2.05, 4.69) is 10.8 Å². The number of amides is 1. The SMILES string of the molecule is CCN(CC(=O)OC)C(=O)C1(C#N)CC(C)C1. The van der Waals surface area contributed by atoms with Crippen LogP contribution in [0.5, 0.6) is 0 Å². The molecule has 0 heterocycles. The van der Waals surface area contributed by atoms with Crippen LogP contribution in [0.4, 0.5) is 0 Å². The minimum Gasteiger partial charge on any atom is -0.468 e. The zero-order valence-corrected chi connectivity index (χ0v) is 10.5. The fourth-order valence-electron chi connectivity index (χ4n) is 2.29. The average Bonchev–Trinajstić information content (AvgIpc) is 2.30. The lowest BCUT2D eigenvalue weighted by atomic mass is 9.62. The van der Waals surface area contributed by atoms with Crippen molar-refractivity contribution in [3.8, 4) is 6.07 Å². The van der Waals surface area contributed by atoms with Gasteiger partial charge in [0.25, 0.3) is 0 Å². The number of carbonyl (C=O) groups excluding carboxylic acids is 2. The molecule has 0 aromatic rings. The molecule has 17 heavy (non-hydrogen) atoms. The molecule has 5 heteroatoms. The molecule has 0 bridgehead atoms. The van der Waals surface area contributed by atoms with Crippen LogP contribution >= 0.6 is 0 Å². The van der Waals surface area contributed by atoms with E-state index < -0.39 is 11.4 Å². The summed E-state index contributed by atoms with van der Waals surface area (Å²) in [6, 6.07) is 2.11. The largest absolute Gasteiger partial charge is 0.468 e. The molecule has 1 aliphatic rings. The first-order valence-corrected chi connectivity index (χ1v) is 5.76. The van der Waals surface area contributed by atoms with Crippen molar-refractivity contribution < 1.29 is 14.3 Å². The molecule has 1 fully saturated rings. The van der Waals surface area contributed by atoms with Gasteiger partial charge < -0.3 is 9.64 Å². The van der Waals surface area contributed by atoms with Crippen molar-refractivity contribution in [3.63, 3.8) is 0 Å². The molecule has 0 radical (unpaired) electrons. The number of hydrogen-bond donors (Lipinski definition) is 0. The Hall–Kier alpha value is -1.57. The zero-order valence-electron chi connectivity index (χ0n) is 10.5. The van der Waals surface area contributed by atoms with Gasteiger partial charge in [0.1, 0.15) is 12.0 Å². The van der Waals surface area contributed by atoms with Gasteiger partial charge in [0.15, 0.2) is 0 Å². The van der Waals surface area contributed by atoms with Crippen LogP contribution in [0.1, 0.15) is 26.7 Å². The highest BCUT2D eigenvalue weighted by Crippen LogP contribution is 2.46. The number of nitrogens with zero attached hydrogens (tertiary/aromatic N) is 2. The summed E-state index contributed by atoms with van der Waals surface area (Å²) in [6.45, 7) is 4.13. The second-order valence-corrected chi connectivity index (χ2v) is 4.60. The monoisotopic (exact) mass is 238 g/mol. The molecule has 1 rings (SSSR count). The van der Waals surface area contributed by atoms with E-state index in [1.54, 1.807) is 6.92 Å². The second-order valence-electron chi connectivity index (χ2n) is 4.60. The van der Waals surface area contributed by atoms with Gasteiger partial charge in [0.05, 0.1) is 13.2 Å². The van der Waals surface area contributed by atoms with Crippen LogP contribution in [-0.2, 0) is 14.3 Å². The Balaban J connectivity index is 2.73. The predicted octanol–water partition coefficient (Wildman–Crippen LogP) is 0.948. The number of ether oxygens (including phenoxy) is 1. The highest BCUT2D eigenvalue weighted by atomic mass is 16.5. The Morgan fingerprint density at radius 1 is 1.53 bits per heavy atom. The Bertz CT molecular complexity index is 353. The van der Waals surface area contributed by atoms with Crippen molar-refractivity contribution >= 4 is 11.9 Å². The molecule has 94 valence electrons. The zero-order chi connectivity index (χ0) is 13.1. The second kappa shape index (κ2) is 5.17. The fraction of sp³-hybridized carbons (Fsp3) is 0.750. The van der Waals surface area contributed by atoms with Crippen LogP contribution < -0.4 is 0 Å². The standard InChI is InChI=1S/C12H18N2O3/c1-4-14(7-10(15)17-3)11(16)12(8-13)5-9(2)6-12/h9H,4-7H2,1-3H3. The van der Waals surface area contributed by atoms with Gasteiger partial charge >= 0.3 is 5.97 Å². The van der Waals surface area contributed by atoms with Crippen molar-refractivity contribution in [2.75, 3.05) is 20.2 Å². The highest BCUT2D eigenvalue weighted by molar-refractivity contribution is 5.89. The quantitative estimate of drug-likeness (QED) is 0.684.